The number of aryl methyl sites for hydroxylation is 1. The van der Waals surface area contributed by atoms with Crippen molar-refractivity contribution in [3.05, 3.63) is 89.7 Å². The number of para-hydroxylation sites is 2. The van der Waals surface area contributed by atoms with E-state index in [9.17, 15) is 22.4 Å². The fraction of sp³-hybridized carbons (Fsp3) is 0.355. The highest BCUT2D eigenvalue weighted by atomic mass is 32.2. The Morgan fingerprint density at radius 1 is 0.951 bits per heavy atom. The molecule has 220 valence electrons. The van der Waals surface area contributed by atoms with Crippen LogP contribution in [-0.2, 0) is 26.2 Å². The van der Waals surface area contributed by atoms with E-state index >= 15 is 0 Å². The van der Waals surface area contributed by atoms with Gasteiger partial charge in [0.1, 0.15) is 24.2 Å². The van der Waals surface area contributed by atoms with E-state index in [1.165, 1.54) is 35.2 Å². The van der Waals surface area contributed by atoms with E-state index in [1.54, 1.807) is 56.3 Å². The molecule has 0 unspecified atom stereocenters. The Labute approximate surface area is 242 Å². The Morgan fingerprint density at radius 2 is 1.59 bits per heavy atom. The number of benzene rings is 3. The molecule has 0 aromatic heterocycles. The van der Waals surface area contributed by atoms with Gasteiger partial charge in [-0.25, -0.2) is 12.8 Å². The molecule has 1 N–H and O–H groups in total. The minimum atomic E-state index is -4.26. The standard InChI is InChI=1S/C31H38FN3O5S/c1-6-40-29-14-10-9-13-28(29)35(41(38,39)26-17-15-23(4)16-18-26)21-30(36)34(20-25-11-7-8-12-27(25)32)24(5)31(37)33-19-22(2)3/h7-18,22,24H,6,19-21H2,1-5H3,(H,33,37)/t24-/m0/s1. The molecule has 3 aromatic rings. The predicted octanol–water partition coefficient (Wildman–Crippen LogP) is 4.92. The van der Waals surface area contributed by atoms with Crippen molar-refractivity contribution in [2.45, 2.75) is 52.1 Å². The lowest BCUT2D eigenvalue weighted by molar-refractivity contribution is -0.139. The third-order valence-electron chi connectivity index (χ3n) is 6.47. The quantitative estimate of drug-likeness (QED) is 0.308. The Hall–Kier alpha value is -3.92. The monoisotopic (exact) mass is 583 g/mol. The van der Waals surface area contributed by atoms with Crippen LogP contribution >= 0.6 is 0 Å². The van der Waals surface area contributed by atoms with E-state index < -0.39 is 40.2 Å². The summed E-state index contributed by atoms with van der Waals surface area (Å²) in [6.45, 7) is 8.83. The molecule has 0 aliphatic carbocycles. The third-order valence-corrected chi connectivity index (χ3v) is 8.25. The molecular formula is C31H38FN3O5S. The van der Waals surface area contributed by atoms with Gasteiger partial charge in [0.05, 0.1) is 17.2 Å². The van der Waals surface area contributed by atoms with E-state index in [-0.39, 0.29) is 41.0 Å². The number of hydrogen-bond donors (Lipinski definition) is 1. The number of carbonyl (C=O) groups excluding carboxylic acids is 2. The van der Waals surface area contributed by atoms with E-state index in [4.69, 9.17) is 4.74 Å². The first-order chi connectivity index (χ1) is 19.4. The number of amides is 2. The van der Waals surface area contributed by atoms with Gasteiger partial charge >= 0.3 is 0 Å². The zero-order chi connectivity index (χ0) is 30.2. The minimum absolute atomic E-state index is 0.00872. The molecule has 0 aliphatic rings. The van der Waals surface area contributed by atoms with Crippen molar-refractivity contribution in [1.29, 1.82) is 0 Å². The first kappa shape index (κ1) is 31.6. The van der Waals surface area contributed by atoms with Crippen LogP contribution in [0.15, 0.2) is 77.7 Å². The van der Waals surface area contributed by atoms with Crippen molar-refractivity contribution in [3.8, 4) is 5.75 Å². The van der Waals surface area contributed by atoms with Gasteiger partial charge in [-0.1, -0.05) is 61.9 Å². The van der Waals surface area contributed by atoms with Gasteiger partial charge in [-0.05, 0) is 57.0 Å². The topological polar surface area (TPSA) is 96.0 Å². The van der Waals surface area contributed by atoms with Crippen LogP contribution < -0.4 is 14.4 Å². The molecule has 3 rings (SSSR count). The Morgan fingerprint density at radius 3 is 2.22 bits per heavy atom. The number of hydrogen-bond acceptors (Lipinski definition) is 5. The summed E-state index contributed by atoms with van der Waals surface area (Å²) in [6.07, 6.45) is 0. The summed E-state index contributed by atoms with van der Waals surface area (Å²) in [5.74, 6) is -1.19. The molecule has 3 aromatic carbocycles. The summed E-state index contributed by atoms with van der Waals surface area (Å²) in [7, 11) is -4.26. The fourth-order valence-electron chi connectivity index (χ4n) is 4.14. The van der Waals surface area contributed by atoms with Gasteiger partial charge in [0.15, 0.2) is 0 Å². The summed E-state index contributed by atoms with van der Waals surface area (Å²) < 4.78 is 49.4. The third kappa shape index (κ3) is 8.07. The van der Waals surface area contributed by atoms with Gasteiger partial charge in [0, 0.05) is 18.7 Å². The minimum Gasteiger partial charge on any atom is -0.492 e. The molecule has 8 nitrogen and oxygen atoms in total. The number of rotatable bonds is 13. The lowest BCUT2D eigenvalue weighted by Gasteiger charge is -2.32. The zero-order valence-electron chi connectivity index (χ0n) is 24.1. The molecule has 10 heteroatoms. The maximum atomic E-state index is 14.7. The predicted molar refractivity (Wildman–Crippen MR) is 158 cm³/mol. The van der Waals surface area contributed by atoms with Gasteiger partial charge in [-0.15, -0.1) is 0 Å². The summed E-state index contributed by atoms with van der Waals surface area (Å²) >= 11 is 0. The lowest BCUT2D eigenvalue weighted by Crippen LogP contribution is -2.51. The smallest absolute Gasteiger partial charge is 0.264 e. The SMILES string of the molecule is CCOc1ccccc1N(CC(=O)N(Cc1ccccc1F)[C@@H](C)C(=O)NCC(C)C)S(=O)(=O)c1ccc(C)cc1. The lowest BCUT2D eigenvalue weighted by atomic mass is 10.1. The van der Waals surface area contributed by atoms with E-state index in [1.807, 2.05) is 20.8 Å². The highest BCUT2D eigenvalue weighted by Crippen LogP contribution is 2.33. The first-order valence-corrected chi connectivity index (χ1v) is 15.0. The van der Waals surface area contributed by atoms with Crippen molar-refractivity contribution in [3.63, 3.8) is 0 Å². The van der Waals surface area contributed by atoms with Crippen LogP contribution in [0.4, 0.5) is 10.1 Å². The van der Waals surface area contributed by atoms with Crippen molar-refractivity contribution in [2.24, 2.45) is 5.92 Å². The number of ether oxygens (including phenoxy) is 1. The Balaban J connectivity index is 2.07. The number of nitrogens with zero attached hydrogens (tertiary/aromatic N) is 2. The van der Waals surface area contributed by atoms with E-state index in [2.05, 4.69) is 5.32 Å². The normalized spacial score (nSPS) is 12.1. The summed E-state index contributed by atoms with van der Waals surface area (Å²) in [6, 6.07) is 17.8. The summed E-state index contributed by atoms with van der Waals surface area (Å²) in [4.78, 5) is 28.3. The maximum Gasteiger partial charge on any atom is 0.264 e. The molecule has 0 bridgehead atoms. The number of carbonyl (C=O) groups is 2. The molecule has 0 heterocycles. The molecule has 2 amide bonds. The largest absolute Gasteiger partial charge is 0.492 e. The highest BCUT2D eigenvalue weighted by molar-refractivity contribution is 7.92. The average Bonchev–Trinajstić information content (AvgIpc) is 2.94. The van der Waals surface area contributed by atoms with Gasteiger partial charge in [0.2, 0.25) is 11.8 Å². The van der Waals surface area contributed by atoms with E-state index in [0.717, 1.165) is 9.87 Å². The van der Waals surface area contributed by atoms with Gasteiger partial charge in [-0.2, -0.15) is 0 Å². The fourth-order valence-corrected chi connectivity index (χ4v) is 5.56. The maximum absolute atomic E-state index is 14.7. The highest BCUT2D eigenvalue weighted by Gasteiger charge is 2.34. The summed E-state index contributed by atoms with van der Waals surface area (Å²) in [5, 5.41) is 2.81. The van der Waals surface area contributed by atoms with Crippen LogP contribution in [0, 0.1) is 18.7 Å². The van der Waals surface area contributed by atoms with Crippen molar-refractivity contribution >= 4 is 27.5 Å². The number of halogens is 1. The van der Waals surface area contributed by atoms with Crippen LogP contribution in [0.3, 0.4) is 0 Å². The Kier molecular flexibility index (Phi) is 10.9. The van der Waals surface area contributed by atoms with Crippen molar-refractivity contribution in [2.75, 3.05) is 24.0 Å². The molecule has 0 saturated heterocycles. The molecule has 0 radical (unpaired) electrons. The average molecular weight is 584 g/mol. The van der Waals surface area contributed by atoms with Gasteiger partial charge in [-0.3, -0.25) is 13.9 Å². The molecule has 0 aliphatic heterocycles. The Bertz CT molecular complexity index is 1440. The number of nitrogens with one attached hydrogen (secondary N) is 1. The van der Waals surface area contributed by atoms with Gasteiger partial charge in [0.25, 0.3) is 10.0 Å². The molecule has 0 fully saturated rings. The van der Waals surface area contributed by atoms with Crippen LogP contribution in [0.25, 0.3) is 0 Å². The molecule has 41 heavy (non-hydrogen) atoms. The molecule has 0 saturated carbocycles. The van der Waals surface area contributed by atoms with Crippen LogP contribution in [0.2, 0.25) is 0 Å². The van der Waals surface area contributed by atoms with Crippen molar-refractivity contribution < 1.29 is 27.1 Å². The number of anilines is 1. The first-order valence-electron chi connectivity index (χ1n) is 13.6. The summed E-state index contributed by atoms with van der Waals surface area (Å²) in [5.41, 5.74) is 1.25. The molecular weight excluding hydrogens is 545 g/mol. The molecule has 1 atom stereocenters. The molecule has 0 spiro atoms. The number of sulfonamides is 1. The van der Waals surface area contributed by atoms with E-state index in [0.29, 0.717) is 6.54 Å². The second kappa shape index (κ2) is 14.1. The van der Waals surface area contributed by atoms with Crippen LogP contribution in [0.1, 0.15) is 38.8 Å². The zero-order valence-corrected chi connectivity index (χ0v) is 24.9. The van der Waals surface area contributed by atoms with Crippen LogP contribution in [-0.4, -0.2) is 50.9 Å². The second-order valence-corrected chi connectivity index (χ2v) is 12.0. The van der Waals surface area contributed by atoms with Crippen molar-refractivity contribution in [1.82, 2.24) is 10.2 Å². The van der Waals surface area contributed by atoms with Crippen LogP contribution in [0.5, 0.6) is 5.75 Å². The second-order valence-electron chi connectivity index (χ2n) is 10.2. The van der Waals surface area contributed by atoms with Gasteiger partial charge < -0.3 is 15.0 Å².